The second kappa shape index (κ2) is 6.31. The van der Waals surface area contributed by atoms with E-state index < -0.39 is 0 Å². The van der Waals surface area contributed by atoms with E-state index in [2.05, 4.69) is 19.4 Å². The van der Waals surface area contributed by atoms with Gasteiger partial charge in [-0.3, -0.25) is 0 Å². The van der Waals surface area contributed by atoms with Gasteiger partial charge in [0.05, 0.1) is 0 Å². The fourth-order valence-corrected chi connectivity index (χ4v) is 1.29. The zero-order valence-corrected chi connectivity index (χ0v) is 10.1. The van der Waals surface area contributed by atoms with Crippen molar-refractivity contribution in [1.29, 1.82) is 0 Å². The minimum absolute atomic E-state index is 0.160. The maximum Gasteiger partial charge on any atom is 0.0462 e. The van der Waals surface area contributed by atoms with E-state index in [0.29, 0.717) is 0 Å². The molecule has 1 unspecified atom stereocenters. The predicted octanol–water partition coefficient (Wildman–Crippen LogP) is 2.23. The second-order valence-corrected chi connectivity index (χ2v) is 3.98. The molecule has 0 amide bonds. The molecule has 0 aliphatic carbocycles. The van der Waals surface area contributed by atoms with Gasteiger partial charge in [-0.15, -0.1) is 6.42 Å². The molecule has 0 aromatic heterocycles. The van der Waals surface area contributed by atoms with Crippen LogP contribution in [-0.4, -0.2) is 23.7 Å². The maximum atomic E-state index is 9.12. The minimum atomic E-state index is 0.160. The summed E-state index contributed by atoms with van der Waals surface area (Å²) in [5.74, 6) is 2.94. The number of allylic oxidation sites excluding steroid dienone is 3. The summed E-state index contributed by atoms with van der Waals surface area (Å²) in [7, 11) is 1.94. The molecule has 0 rings (SSSR count). The minimum Gasteiger partial charge on any atom is -0.396 e. The van der Waals surface area contributed by atoms with Gasteiger partial charge in [0, 0.05) is 37.0 Å². The number of aliphatic hydroxyl groups is 1. The van der Waals surface area contributed by atoms with Crippen molar-refractivity contribution < 1.29 is 5.11 Å². The lowest BCUT2D eigenvalue weighted by molar-refractivity contribution is 0.197. The van der Waals surface area contributed by atoms with Crippen molar-refractivity contribution in [3.8, 4) is 12.3 Å². The Morgan fingerprint density at radius 3 is 2.47 bits per heavy atom. The number of hydrogen-bond acceptors (Lipinski definition) is 2. The molecule has 0 bridgehead atoms. The number of rotatable bonds is 5. The lowest BCUT2D eigenvalue weighted by Gasteiger charge is -2.29. The molecular formula is C13H21NO. The van der Waals surface area contributed by atoms with Crippen LogP contribution in [0.15, 0.2) is 24.0 Å². The Balaban J connectivity index is 4.92. The zero-order valence-electron chi connectivity index (χ0n) is 10.1. The van der Waals surface area contributed by atoms with Crippen LogP contribution >= 0.6 is 0 Å². The van der Waals surface area contributed by atoms with Crippen LogP contribution in [0.3, 0.4) is 0 Å². The van der Waals surface area contributed by atoms with Crippen molar-refractivity contribution in [3.63, 3.8) is 0 Å². The first kappa shape index (κ1) is 13.8. The first-order chi connectivity index (χ1) is 6.95. The Labute approximate surface area is 93.3 Å². The molecule has 0 aromatic carbocycles. The average Bonchev–Trinajstić information content (AvgIpc) is 2.22. The molecule has 0 saturated carbocycles. The van der Waals surface area contributed by atoms with Crippen LogP contribution in [0.1, 0.15) is 20.8 Å². The van der Waals surface area contributed by atoms with Gasteiger partial charge < -0.3 is 10.0 Å². The van der Waals surface area contributed by atoms with E-state index in [1.165, 1.54) is 0 Å². The Morgan fingerprint density at radius 2 is 2.13 bits per heavy atom. The summed E-state index contributed by atoms with van der Waals surface area (Å²) in [6.45, 7) is 10.0. The molecule has 0 aromatic rings. The van der Waals surface area contributed by atoms with E-state index >= 15 is 0 Å². The maximum absolute atomic E-state index is 9.12. The molecule has 0 fully saturated rings. The monoisotopic (exact) mass is 207 g/mol. The Kier molecular flexibility index (Phi) is 5.81. The van der Waals surface area contributed by atoms with E-state index in [4.69, 9.17) is 11.5 Å². The fraction of sp³-hybridized carbons (Fsp3) is 0.538. The normalized spacial score (nSPS) is 15.3. The van der Waals surface area contributed by atoms with Crippen molar-refractivity contribution in [3.05, 3.63) is 24.0 Å². The number of hydrogen-bond donors (Lipinski definition) is 1. The van der Waals surface area contributed by atoms with Crippen LogP contribution in [0, 0.1) is 24.2 Å². The first-order valence-corrected chi connectivity index (χ1v) is 5.12. The van der Waals surface area contributed by atoms with Gasteiger partial charge >= 0.3 is 0 Å². The molecule has 84 valence electrons. The smallest absolute Gasteiger partial charge is 0.0462 e. The van der Waals surface area contributed by atoms with E-state index in [9.17, 15) is 0 Å². The lowest BCUT2D eigenvalue weighted by atomic mass is 9.92. The summed E-state index contributed by atoms with van der Waals surface area (Å²) in [4.78, 5) is 1.97. The summed E-state index contributed by atoms with van der Waals surface area (Å²) < 4.78 is 0. The van der Waals surface area contributed by atoms with Crippen LogP contribution in [0.4, 0.5) is 0 Å². The lowest BCUT2D eigenvalue weighted by Crippen LogP contribution is -2.25. The Bertz CT molecular complexity index is 285. The van der Waals surface area contributed by atoms with Crippen molar-refractivity contribution in [2.75, 3.05) is 13.7 Å². The fourth-order valence-electron chi connectivity index (χ4n) is 1.29. The molecule has 15 heavy (non-hydrogen) atoms. The summed E-state index contributed by atoms with van der Waals surface area (Å²) in [5.41, 5.74) is 1.96. The third kappa shape index (κ3) is 3.81. The highest BCUT2D eigenvalue weighted by molar-refractivity contribution is 5.21. The van der Waals surface area contributed by atoms with Gasteiger partial charge in [-0.1, -0.05) is 26.3 Å². The molecule has 2 heteroatoms. The van der Waals surface area contributed by atoms with Gasteiger partial charge in [-0.2, -0.15) is 0 Å². The highest BCUT2D eigenvalue weighted by Gasteiger charge is 2.19. The van der Waals surface area contributed by atoms with Gasteiger partial charge in [-0.25, -0.2) is 0 Å². The van der Waals surface area contributed by atoms with E-state index in [1.807, 2.05) is 25.8 Å². The van der Waals surface area contributed by atoms with Crippen LogP contribution in [-0.2, 0) is 0 Å². The number of nitrogens with zero attached hydrogens (tertiary/aromatic N) is 1. The highest BCUT2D eigenvalue weighted by atomic mass is 16.3. The zero-order chi connectivity index (χ0) is 12.0. The van der Waals surface area contributed by atoms with Crippen LogP contribution in [0.2, 0.25) is 0 Å². The third-order valence-electron chi connectivity index (χ3n) is 2.80. The summed E-state index contributed by atoms with van der Waals surface area (Å²) >= 11 is 0. The third-order valence-corrected chi connectivity index (χ3v) is 2.80. The summed E-state index contributed by atoms with van der Waals surface area (Å²) in [6, 6.07) is 0. The van der Waals surface area contributed by atoms with Gasteiger partial charge in [0.2, 0.25) is 0 Å². The van der Waals surface area contributed by atoms with Gasteiger partial charge in [0.25, 0.3) is 0 Å². The van der Waals surface area contributed by atoms with Gasteiger partial charge in [-0.05, 0) is 12.8 Å². The molecule has 2 atom stereocenters. The largest absolute Gasteiger partial charge is 0.396 e. The standard InChI is InChI=1S/C13H21NO/c1-7-8-13(14(6)10(2)3)12(5)11(4)9-15/h1,8,11-12,15H,2,9H2,3-6H3/b13-8-/t11-,12?/m1/s1. The van der Waals surface area contributed by atoms with Crippen LogP contribution in [0.25, 0.3) is 0 Å². The molecule has 2 nitrogen and oxygen atoms in total. The topological polar surface area (TPSA) is 23.5 Å². The summed E-state index contributed by atoms with van der Waals surface area (Å²) in [5, 5.41) is 9.12. The molecular weight excluding hydrogens is 186 g/mol. The van der Waals surface area contributed by atoms with Crippen molar-refractivity contribution in [2.45, 2.75) is 20.8 Å². The summed E-state index contributed by atoms with van der Waals surface area (Å²) in [6.07, 6.45) is 7.04. The molecule has 0 aliphatic rings. The highest BCUT2D eigenvalue weighted by Crippen LogP contribution is 2.24. The SMILES string of the molecule is C#C/C=C(/C(C)[C@H](C)CO)N(C)C(=C)C. The first-order valence-electron chi connectivity index (χ1n) is 5.12. The number of terminal acetylenes is 1. The number of aliphatic hydroxyl groups excluding tert-OH is 1. The molecule has 0 saturated heterocycles. The van der Waals surface area contributed by atoms with Crippen LogP contribution in [0.5, 0.6) is 0 Å². The Morgan fingerprint density at radius 1 is 1.60 bits per heavy atom. The van der Waals surface area contributed by atoms with Crippen molar-refractivity contribution in [1.82, 2.24) is 4.90 Å². The van der Waals surface area contributed by atoms with E-state index in [-0.39, 0.29) is 18.4 Å². The molecule has 0 spiro atoms. The van der Waals surface area contributed by atoms with Crippen molar-refractivity contribution in [2.24, 2.45) is 11.8 Å². The van der Waals surface area contributed by atoms with Gasteiger partial charge in [0.1, 0.15) is 0 Å². The van der Waals surface area contributed by atoms with Crippen LogP contribution < -0.4 is 0 Å². The molecule has 0 radical (unpaired) electrons. The predicted molar refractivity (Wildman–Crippen MR) is 64.9 cm³/mol. The van der Waals surface area contributed by atoms with E-state index in [0.717, 1.165) is 11.4 Å². The van der Waals surface area contributed by atoms with E-state index in [1.54, 1.807) is 6.08 Å². The Hall–Kier alpha value is -1.20. The van der Waals surface area contributed by atoms with Crippen molar-refractivity contribution >= 4 is 0 Å². The average molecular weight is 207 g/mol. The quantitative estimate of drug-likeness (QED) is 0.699. The molecule has 0 aliphatic heterocycles. The molecule has 0 heterocycles. The van der Waals surface area contributed by atoms with Gasteiger partial charge in [0.15, 0.2) is 0 Å². The second-order valence-electron chi connectivity index (χ2n) is 3.98. The molecule has 1 N–H and O–H groups in total.